The van der Waals surface area contributed by atoms with Crippen molar-refractivity contribution in [2.75, 3.05) is 4.90 Å². The number of aromatic nitrogens is 10. The highest BCUT2D eigenvalue weighted by atomic mass is 15.2. The van der Waals surface area contributed by atoms with Crippen LogP contribution in [0.4, 0.5) is 17.1 Å². The number of hydrogen-bond donors (Lipinski definition) is 0. The van der Waals surface area contributed by atoms with Gasteiger partial charge >= 0.3 is 0 Å². The Labute approximate surface area is 800 Å². The van der Waals surface area contributed by atoms with Gasteiger partial charge in [-0.25, -0.2) is 29.9 Å². The Morgan fingerprint density at radius 2 is 0.547 bits per heavy atom. The molecule has 7 aromatic heterocycles. The minimum absolute atomic E-state index is 0.650. The number of nitrogens with zero attached hydrogens (tertiary/aromatic N) is 11. The van der Waals surface area contributed by atoms with Crippen molar-refractivity contribution in [1.82, 2.24) is 48.2 Å². The molecule has 650 valence electrons. The zero-order valence-electron chi connectivity index (χ0n) is 75.3. The molecule has 0 fully saturated rings. The Balaban J connectivity index is 0.000000108. The van der Waals surface area contributed by atoms with Gasteiger partial charge in [0, 0.05) is 111 Å². The number of rotatable bonds is 13. The quantitative estimate of drug-likeness (QED) is 0.113. The Morgan fingerprint density at radius 1 is 0.180 bits per heavy atom. The van der Waals surface area contributed by atoms with E-state index in [0.717, 1.165) is 128 Å². The van der Waals surface area contributed by atoms with Gasteiger partial charge in [-0.2, -0.15) is 0 Å². The van der Waals surface area contributed by atoms with Gasteiger partial charge in [-0.3, -0.25) is 9.13 Å². The highest BCUT2D eigenvalue weighted by Crippen LogP contribution is 2.46. The van der Waals surface area contributed by atoms with E-state index in [0.29, 0.717) is 11.9 Å². The molecule has 0 unspecified atom stereocenters. The molecular weight excluding hydrogens is 1690 g/mol. The van der Waals surface area contributed by atoms with Crippen LogP contribution in [0.2, 0.25) is 0 Å². The Bertz CT molecular complexity index is 9480. The SMILES string of the molecule is c1ccc(-c2ccc(-c3nc(-n4c5ccc(-n6c7ccccc7c7ccccc76)cc5c5c6ccccc6ccc54)nc4ccccc34)cc2)cc1.c1ccc(-c2nc(-c3ccc(-c4ccc(-n5c6ccccc6c6ccccc65)cc4)cc3)c3ccccc3n2)cc1.c1ccc(N(c2ccccc2)c2ccc3c(c2)c2c4ccccc4ccc2n3-c2nccc(-c3ccc4ccccc4c3)n2)cc1. The van der Waals surface area contributed by atoms with Crippen LogP contribution in [0.1, 0.15) is 0 Å². The lowest BCUT2D eigenvalue weighted by atomic mass is 10.0. The Hall–Kier alpha value is -18.8. The topological polar surface area (TPSA) is 100 Å². The van der Waals surface area contributed by atoms with Gasteiger partial charge in [0.15, 0.2) is 5.82 Å². The summed E-state index contributed by atoms with van der Waals surface area (Å²) in [5.41, 5.74) is 28.2. The van der Waals surface area contributed by atoms with Crippen LogP contribution in [0.5, 0.6) is 0 Å². The molecule has 21 aromatic carbocycles. The maximum Gasteiger partial charge on any atom is 0.235 e. The lowest BCUT2D eigenvalue weighted by Gasteiger charge is -2.25. The van der Waals surface area contributed by atoms with Crippen LogP contribution in [-0.2, 0) is 0 Å². The molecule has 0 N–H and O–H groups in total. The van der Waals surface area contributed by atoms with Crippen LogP contribution in [0.3, 0.4) is 0 Å². The normalized spacial score (nSPS) is 11.6. The van der Waals surface area contributed by atoms with Crippen LogP contribution in [-0.4, -0.2) is 48.2 Å². The Kier molecular flexibility index (Phi) is 20.0. The summed E-state index contributed by atoms with van der Waals surface area (Å²) in [5, 5.41) is 19.1. The molecule has 0 aliphatic rings. The standard InChI is InChI=1S/C48H30N4.C42H28N4.C38H25N3/c1-2-12-31(13-3-1)32-22-24-34(25-23-32)47-39-18-6-9-19-41(39)49-48(50-47)52-44-29-27-35(30-40(44)46-36-15-5-4-14-33(36)26-28-45(46)52)51-42-20-10-7-16-37(42)38-17-8-11-21-43(38)51;1-3-14-33(15-4-1)45(34-16-5-2-6-17-34)35-22-24-39-37(28-35)41-36-18-10-9-12-30(36)21-23-40(41)46(39)42-43-26-25-38(44-42)32-20-19-29-11-7-8-13-31(29)27-32;1-2-10-29(11-3-1)38-39-34-15-7-4-14-33(34)37(40-38)28-20-18-26(19-21-28)27-22-24-30(25-23-27)41-35-16-8-5-12-31(35)32-13-6-9-17-36(32)41/h1-30H;1-28H;1-25H. The van der Waals surface area contributed by atoms with E-state index < -0.39 is 0 Å². The zero-order chi connectivity index (χ0) is 91.8. The predicted octanol–water partition coefficient (Wildman–Crippen LogP) is 33.1. The first kappa shape index (κ1) is 81.0. The van der Waals surface area contributed by atoms with Crippen molar-refractivity contribution in [2.45, 2.75) is 0 Å². The molecule has 0 atom stereocenters. The van der Waals surface area contributed by atoms with Crippen molar-refractivity contribution >= 4 is 158 Å². The fourth-order valence-electron chi connectivity index (χ4n) is 20.7. The number of fused-ring (bicyclic) bond motifs is 19. The molecule has 0 radical (unpaired) electrons. The summed E-state index contributed by atoms with van der Waals surface area (Å²) in [5.74, 6) is 2.04. The molecular formula is C128H83N11. The average molecular weight is 1780 g/mol. The second-order valence-electron chi connectivity index (χ2n) is 35.2. The third kappa shape index (κ3) is 14.4. The second-order valence-corrected chi connectivity index (χ2v) is 35.2. The van der Waals surface area contributed by atoms with Gasteiger partial charge in [-0.15, -0.1) is 0 Å². The van der Waals surface area contributed by atoms with Gasteiger partial charge in [-0.1, -0.05) is 364 Å². The Morgan fingerprint density at radius 3 is 1.09 bits per heavy atom. The van der Waals surface area contributed by atoms with Crippen molar-refractivity contribution in [3.05, 3.63) is 504 Å². The van der Waals surface area contributed by atoms with E-state index in [1.165, 1.54) is 109 Å². The number of hydrogen-bond acceptors (Lipinski definition) is 7. The van der Waals surface area contributed by atoms with Crippen molar-refractivity contribution in [2.24, 2.45) is 0 Å². The third-order valence-corrected chi connectivity index (χ3v) is 27.2. The molecule has 0 aliphatic carbocycles. The number of benzene rings is 21. The fraction of sp³-hybridized carbons (Fsp3) is 0. The van der Waals surface area contributed by atoms with E-state index in [9.17, 15) is 0 Å². The maximum absolute atomic E-state index is 5.40. The van der Waals surface area contributed by atoms with E-state index in [4.69, 9.17) is 29.9 Å². The van der Waals surface area contributed by atoms with E-state index in [1.807, 2.05) is 42.6 Å². The third-order valence-electron chi connectivity index (χ3n) is 27.2. The molecule has 139 heavy (non-hydrogen) atoms. The van der Waals surface area contributed by atoms with Gasteiger partial charge in [0.05, 0.1) is 72.2 Å². The summed E-state index contributed by atoms with van der Waals surface area (Å²) in [7, 11) is 0. The van der Waals surface area contributed by atoms with Crippen LogP contribution in [0.15, 0.2) is 504 Å². The summed E-state index contributed by atoms with van der Waals surface area (Å²) in [6.07, 6.45) is 1.87. The molecule has 0 amide bonds. The van der Waals surface area contributed by atoms with Crippen LogP contribution < -0.4 is 4.90 Å². The van der Waals surface area contributed by atoms with Gasteiger partial charge in [0.2, 0.25) is 11.9 Å². The highest BCUT2D eigenvalue weighted by molar-refractivity contribution is 6.24. The van der Waals surface area contributed by atoms with Gasteiger partial charge in [-0.05, 0) is 188 Å². The summed E-state index contributed by atoms with van der Waals surface area (Å²) >= 11 is 0. The lowest BCUT2D eigenvalue weighted by Crippen LogP contribution is -2.09. The summed E-state index contributed by atoms with van der Waals surface area (Å²) in [4.78, 5) is 32.8. The minimum Gasteiger partial charge on any atom is -0.310 e. The molecule has 0 spiro atoms. The fourth-order valence-corrected chi connectivity index (χ4v) is 20.7. The first-order chi connectivity index (χ1) is 68.9. The van der Waals surface area contributed by atoms with Crippen molar-refractivity contribution in [3.8, 4) is 90.7 Å². The van der Waals surface area contributed by atoms with Crippen molar-refractivity contribution < 1.29 is 0 Å². The van der Waals surface area contributed by atoms with Crippen LogP contribution >= 0.6 is 0 Å². The monoisotopic (exact) mass is 1770 g/mol. The predicted molar refractivity (Wildman–Crippen MR) is 578 cm³/mol. The molecule has 0 saturated carbocycles. The van der Waals surface area contributed by atoms with Crippen molar-refractivity contribution in [3.63, 3.8) is 0 Å². The van der Waals surface area contributed by atoms with E-state index in [-0.39, 0.29) is 0 Å². The first-order valence-electron chi connectivity index (χ1n) is 47.0. The van der Waals surface area contributed by atoms with E-state index >= 15 is 0 Å². The molecule has 0 saturated heterocycles. The lowest BCUT2D eigenvalue weighted by molar-refractivity contribution is 0.992. The molecule has 28 rings (SSSR count). The highest BCUT2D eigenvalue weighted by Gasteiger charge is 2.25. The van der Waals surface area contributed by atoms with E-state index in [2.05, 4.69) is 484 Å². The van der Waals surface area contributed by atoms with Crippen LogP contribution in [0.25, 0.3) is 232 Å². The summed E-state index contributed by atoms with van der Waals surface area (Å²) in [6, 6.07) is 176. The molecule has 28 aromatic rings. The number of anilines is 3. The largest absolute Gasteiger partial charge is 0.310 e. The van der Waals surface area contributed by atoms with Gasteiger partial charge in [0.1, 0.15) is 0 Å². The molecule has 7 heterocycles. The molecule has 11 heteroatoms. The maximum atomic E-state index is 5.40. The first-order valence-corrected chi connectivity index (χ1v) is 47.0. The van der Waals surface area contributed by atoms with Crippen molar-refractivity contribution in [1.29, 1.82) is 0 Å². The van der Waals surface area contributed by atoms with Gasteiger partial charge in [0.25, 0.3) is 0 Å². The molecule has 0 aliphatic heterocycles. The van der Waals surface area contributed by atoms with E-state index in [1.54, 1.807) is 0 Å². The summed E-state index contributed by atoms with van der Waals surface area (Å²) in [6.45, 7) is 0. The molecule has 0 bridgehead atoms. The number of para-hydroxylation sites is 8. The summed E-state index contributed by atoms with van der Waals surface area (Å²) < 4.78 is 9.20. The van der Waals surface area contributed by atoms with Crippen LogP contribution in [0, 0.1) is 0 Å². The smallest absolute Gasteiger partial charge is 0.235 e. The zero-order valence-corrected chi connectivity index (χ0v) is 75.3. The molecule has 11 nitrogen and oxygen atoms in total. The minimum atomic E-state index is 0.650. The van der Waals surface area contributed by atoms with Gasteiger partial charge < -0.3 is 14.0 Å². The second kappa shape index (κ2) is 34.3. The average Bonchev–Trinajstić information content (AvgIpc) is 1.57.